The van der Waals surface area contributed by atoms with E-state index >= 15 is 0 Å². The van der Waals surface area contributed by atoms with Gasteiger partial charge >= 0.3 is 0 Å². The number of hydrogen-bond donors (Lipinski definition) is 2. The zero-order valence-corrected chi connectivity index (χ0v) is 13.3. The van der Waals surface area contributed by atoms with Crippen molar-refractivity contribution >= 4 is 5.91 Å². The SMILES string of the molecule is O=C(NO)c1cc(F)c2c(c1)CCN([C@@H]1CCC3(CCC3)C1)C2. The first kappa shape index (κ1) is 15.1. The molecule has 1 spiro atoms. The third kappa shape index (κ3) is 2.56. The van der Waals surface area contributed by atoms with Crippen molar-refractivity contribution in [2.24, 2.45) is 5.41 Å². The molecule has 2 aliphatic carbocycles. The highest BCUT2D eigenvalue weighted by Gasteiger charge is 2.45. The van der Waals surface area contributed by atoms with E-state index in [9.17, 15) is 9.18 Å². The van der Waals surface area contributed by atoms with E-state index in [0.29, 0.717) is 18.0 Å². The van der Waals surface area contributed by atoms with Crippen LogP contribution in [-0.2, 0) is 13.0 Å². The molecule has 0 aromatic heterocycles. The molecule has 5 heteroatoms. The molecule has 1 heterocycles. The molecular formula is C18H23FN2O2. The smallest absolute Gasteiger partial charge is 0.274 e. The molecule has 2 N–H and O–H groups in total. The van der Waals surface area contributed by atoms with Gasteiger partial charge in [-0.25, -0.2) is 9.87 Å². The molecule has 2 saturated carbocycles. The largest absolute Gasteiger partial charge is 0.296 e. The van der Waals surface area contributed by atoms with E-state index in [1.165, 1.54) is 44.6 Å². The second-order valence-electron chi connectivity index (χ2n) is 7.51. The van der Waals surface area contributed by atoms with Gasteiger partial charge in [-0.2, -0.15) is 0 Å². The minimum atomic E-state index is -0.656. The van der Waals surface area contributed by atoms with Crippen molar-refractivity contribution in [2.45, 2.75) is 57.5 Å². The lowest BCUT2D eigenvalue weighted by Crippen LogP contribution is -2.40. The van der Waals surface area contributed by atoms with Gasteiger partial charge < -0.3 is 0 Å². The van der Waals surface area contributed by atoms with Crippen molar-refractivity contribution in [3.8, 4) is 0 Å². The van der Waals surface area contributed by atoms with Crippen LogP contribution >= 0.6 is 0 Å². The lowest BCUT2D eigenvalue weighted by atomic mass is 9.67. The lowest BCUT2D eigenvalue weighted by molar-refractivity contribution is 0.0705. The van der Waals surface area contributed by atoms with Gasteiger partial charge in [-0.15, -0.1) is 0 Å². The maximum absolute atomic E-state index is 14.4. The molecule has 124 valence electrons. The summed E-state index contributed by atoms with van der Waals surface area (Å²) in [6, 6.07) is 3.53. The van der Waals surface area contributed by atoms with Crippen molar-refractivity contribution in [1.82, 2.24) is 10.4 Å². The number of carbonyl (C=O) groups is 1. The summed E-state index contributed by atoms with van der Waals surface area (Å²) in [4.78, 5) is 13.9. The highest BCUT2D eigenvalue weighted by molar-refractivity contribution is 5.93. The van der Waals surface area contributed by atoms with Crippen LogP contribution in [0.1, 0.15) is 60.0 Å². The summed E-state index contributed by atoms with van der Waals surface area (Å²) in [5.41, 5.74) is 3.99. The number of nitrogens with one attached hydrogen (secondary N) is 1. The van der Waals surface area contributed by atoms with Crippen LogP contribution in [-0.4, -0.2) is 28.6 Å². The normalized spacial score (nSPS) is 25.9. The fourth-order valence-corrected chi connectivity index (χ4v) is 4.77. The number of amides is 1. The summed E-state index contributed by atoms with van der Waals surface area (Å²) in [6.45, 7) is 1.57. The number of rotatable bonds is 2. The van der Waals surface area contributed by atoms with Gasteiger partial charge in [0.15, 0.2) is 0 Å². The van der Waals surface area contributed by atoms with Gasteiger partial charge in [-0.05, 0) is 61.6 Å². The predicted molar refractivity (Wildman–Crippen MR) is 83.7 cm³/mol. The number of nitrogens with zero attached hydrogens (tertiary/aromatic N) is 1. The molecule has 2 fully saturated rings. The number of hydroxylamine groups is 1. The quantitative estimate of drug-likeness (QED) is 0.651. The second kappa shape index (κ2) is 5.56. The van der Waals surface area contributed by atoms with Crippen molar-refractivity contribution in [3.05, 3.63) is 34.6 Å². The van der Waals surface area contributed by atoms with E-state index < -0.39 is 5.91 Å². The van der Waals surface area contributed by atoms with Crippen LogP contribution in [0.25, 0.3) is 0 Å². The molecule has 1 atom stereocenters. The van der Waals surface area contributed by atoms with Crippen LogP contribution in [0, 0.1) is 11.2 Å². The molecule has 0 bridgehead atoms. The van der Waals surface area contributed by atoms with Crippen molar-refractivity contribution in [3.63, 3.8) is 0 Å². The van der Waals surface area contributed by atoms with Gasteiger partial charge in [0, 0.05) is 30.3 Å². The molecule has 1 aromatic carbocycles. The van der Waals surface area contributed by atoms with Crippen molar-refractivity contribution in [1.29, 1.82) is 0 Å². The Bertz CT molecular complexity index is 642. The Kier molecular flexibility index (Phi) is 3.65. The predicted octanol–water partition coefficient (Wildman–Crippen LogP) is 3.03. The fourth-order valence-electron chi connectivity index (χ4n) is 4.77. The zero-order valence-electron chi connectivity index (χ0n) is 13.3. The lowest BCUT2D eigenvalue weighted by Gasteiger charge is -2.40. The highest BCUT2D eigenvalue weighted by Crippen LogP contribution is 2.54. The Morgan fingerprint density at radius 2 is 2.17 bits per heavy atom. The average Bonchev–Trinajstić information content (AvgIpc) is 2.99. The van der Waals surface area contributed by atoms with Gasteiger partial charge in [0.2, 0.25) is 0 Å². The zero-order chi connectivity index (χ0) is 16.0. The molecule has 4 rings (SSSR count). The summed E-state index contributed by atoms with van der Waals surface area (Å²) in [5.74, 6) is -0.987. The minimum absolute atomic E-state index is 0.187. The third-order valence-corrected chi connectivity index (χ3v) is 6.29. The monoisotopic (exact) mass is 318 g/mol. The number of hydrogen-bond acceptors (Lipinski definition) is 3. The molecule has 1 aromatic rings. The van der Waals surface area contributed by atoms with E-state index in [1.807, 2.05) is 0 Å². The topological polar surface area (TPSA) is 52.6 Å². The Hall–Kier alpha value is -1.46. The van der Waals surface area contributed by atoms with Crippen LogP contribution in [0.2, 0.25) is 0 Å². The first-order valence-electron chi connectivity index (χ1n) is 8.60. The van der Waals surface area contributed by atoms with Crippen LogP contribution < -0.4 is 5.48 Å². The van der Waals surface area contributed by atoms with Crippen LogP contribution in [0.15, 0.2) is 12.1 Å². The van der Waals surface area contributed by atoms with E-state index in [0.717, 1.165) is 24.1 Å². The Morgan fingerprint density at radius 3 is 2.83 bits per heavy atom. The van der Waals surface area contributed by atoms with Crippen LogP contribution in [0.5, 0.6) is 0 Å². The van der Waals surface area contributed by atoms with Crippen molar-refractivity contribution in [2.75, 3.05) is 6.54 Å². The van der Waals surface area contributed by atoms with Gasteiger partial charge in [0.1, 0.15) is 5.82 Å². The third-order valence-electron chi connectivity index (χ3n) is 6.29. The first-order chi connectivity index (χ1) is 11.1. The number of fused-ring (bicyclic) bond motifs is 1. The maximum atomic E-state index is 14.4. The summed E-state index contributed by atoms with van der Waals surface area (Å²) in [6.07, 6.45) is 8.74. The summed E-state index contributed by atoms with van der Waals surface area (Å²) >= 11 is 0. The van der Waals surface area contributed by atoms with Crippen LogP contribution in [0.3, 0.4) is 0 Å². The maximum Gasteiger partial charge on any atom is 0.274 e. The minimum Gasteiger partial charge on any atom is -0.296 e. The molecule has 0 radical (unpaired) electrons. The number of carbonyl (C=O) groups excluding carboxylic acids is 1. The van der Waals surface area contributed by atoms with Gasteiger partial charge in [-0.3, -0.25) is 14.9 Å². The average molecular weight is 318 g/mol. The Balaban J connectivity index is 1.52. The van der Waals surface area contributed by atoms with Crippen molar-refractivity contribution < 1.29 is 14.4 Å². The Labute approximate surface area is 135 Å². The van der Waals surface area contributed by atoms with E-state index in [2.05, 4.69) is 4.90 Å². The fraction of sp³-hybridized carbons (Fsp3) is 0.611. The molecule has 0 unspecified atom stereocenters. The van der Waals surface area contributed by atoms with Gasteiger partial charge in [-0.1, -0.05) is 6.42 Å². The molecule has 1 aliphatic heterocycles. The van der Waals surface area contributed by atoms with E-state index in [-0.39, 0.29) is 11.4 Å². The summed E-state index contributed by atoms with van der Waals surface area (Å²) < 4.78 is 14.4. The van der Waals surface area contributed by atoms with Gasteiger partial charge in [0.05, 0.1) is 0 Å². The molecule has 3 aliphatic rings. The molecule has 4 nitrogen and oxygen atoms in total. The first-order valence-corrected chi connectivity index (χ1v) is 8.60. The van der Waals surface area contributed by atoms with Gasteiger partial charge in [0.25, 0.3) is 5.91 Å². The summed E-state index contributed by atoms with van der Waals surface area (Å²) in [5, 5.41) is 8.72. The second-order valence-corrected chi connectivity index (χ2v) is 7.51. The van der Waals surface area contributed by atoms with E-state index in [1.54, 1.807) is 11.5 Å². The van der Waals surface area contributed by atoms with E-state index in [4.69, 9.17) is 5.21 Å². The molecule has 23 heavy (non-hydrogen) atoms. The molecule has 0 saturated heterocycles. The number of benzene rings is 1. The standard InChI is InChI=1S/C18H23FN2O2/c19-16-9-13(17(22)20-23)8-12-3-7-21(11-15(12)16)14-2-6-18(10-14)4-1-5-18/h8-9,14,23H,1-7,10-11H2,(H,20,22)/t14-/m1/s1. The highest BCUT2D eigenvalue weighted by atomic mass is 19.1. The molecular weight excluding hydrogens is 295 g/mol. The molecule has 1 amide bonds. The Morgan fingerprint density at radius 1 is 1.35 bits per heavy atom. The summed E-state index contributed by atoms with van der Waals surface area (Å²) in [7, 11) is 0. The number of halogens is 1. The van der Waals surface area contributed by atoms with Crippen LogP contribution in [0.4, 0.5) is 4.39 Å².